The average Bonchev–Trinajstić information content (AvgIpc) is 2.41. The fourth-order valence-corrected chi connectivity index (χ4v) is 2.01. The molecule has 0 unspecified atom stereocenters. The molecule has 0 aliphatic carbocycles. The van der Waals surface area contributed by atoms with Crippen molar-refractivity contribution in [3.63, 3.8) is 0 Å². The van der Waals surface area contributed by atoms with Crippen molar-refractivity contribution in [2.45, 2.75) is 26.4 Å². The number of benzene rings is 1. The molecule has 2 aromatic rings. The van der Waals surface area contributed by atoms with E-state index in [1.807, 2.05) is 20.8 Å². The molecular weight excluding hydrogens is 323 g/mol. The van der Waals surface area contributed by atoms with Gasteiger partial charge in [-0.3, -0.25) is 0 Å². The first-order valence-corrected chi connectivity index (χ1v) is 7.42. The van der Waals surface area contributed by atoms with Crippen LogP contribution in [0.4, 0.5) is 11.5 Å². The first kappa shape index (κ1) is 16.6. The molecule has 0 radical (unpaired) electrons. The van der Waals surface area contributed by atoms with Crippen LogP contribution in [-0.4, -0.2) is 16.6 Å². The summed E-state index contributed by atoms with van der Waals surface area (Å²) in [6.45, 7) is 5.44. The van der Waals surface area contributed by atoms with E-state index in [2.05, 4.69) is 10.3 Å². The number of nitrogens with zero attached hydrogens (tertiary/aromatic N) is 1. The number of rotatable bonds is 3. The summed E-state index contributed by atoms with van der Waals surface area (Å²) in [5.74, 6) is -0.0432. The van der Waals surface area contributed by atoms with Crippen molar-refractivity contribution in [1.82, 2.24) is 4.98 Å². The predicted octanol–water partition coefficient (Wildman–Crippen LogP) is 5.09. The summed E-state index contributed by atoms with van der Waals surface area (Å²) < 4.78 is 5.38. The molecule has 4 nitrogen and oxygen atoms in total. The van der Waals surface area contributed by atoms with Crippen LogP contribution in [0.25, 0.3) is 0 Å². The molecule has 1 aromatic carbocycles. The zero-order valence-corrected chi connectivity index (χ0v) is 14.0. The van der Waals surface area contributed by atoms with Gasteiger partial charge in [-0.25, -0.2) is 9.78 Å². The molecule has 0 bridgehead atoms. The lowest BCUT2D eigenvalue weighted by Crippen LogP contribution is -2.24. The molecule has 0 aliphatic rings. The molecule has 0 saturated carbocycles. The third kappa shape index (κ3) is 4.36. The Balaban J connectivity index is 2.28. The van der Waals surface area contributed by atoms with Crippen molar-refractivity contribution in [2.24, 2.45) is 0 Å². The molecule has 0 amide bonds. The summed E-state index contributed by atoms with van der Waals surface area (Å²) in [7, 11) is 0. The minimum Gasteiger partial charge on any atom is -0.456 e. The standard InChI is InChI=1S/C16H16Cl2N2O2/c1-16(2,3)22-15(21)11-5-4-8-19-14(11)20-10-6-7-12(17)13(18)9-10/h4-9H,1-3H3,(H,19,20). The molecule has 0 spiro atoms. The largest absolute Gasteiger partial charge is 0.456 e. The average molecular weight is 339 g/mol. The molecule has 116 valence electrons. The number of aromatic nitrogens is 1. The highest BCUT2D eigenvalue weighted by Gasteiger charge is 2.21. The lowest BCUT2D eigenvalue weighted by molar-refractivity contribution is 0.00704. The Labute approximate surface area is 139 Å². The second-order valence-electron chi connectivity index (χ2n) is 5.66. The summed E-state index contributed by atoms with van der Waals surface area (Å²) in [5.41, 5.74) is 0.453. The van der Waals surface area contributed by atoms with E-state index in [1.165, 1.54) is 0 Å². The van der Waals surface area contributed by atoms with Crippen LogP contribution in [-0.2, 0) is 4.74 Å². The normalized spacial score (nSPS) is 11.1. The van der Waals surface area contributed by atoms with Crippen LogP contribution in [0.5, 0.6) is 0 Å². The summed E-state index contributed by atoms with van der Waals surface area (Å²) >= 11 is 11.9. The summed E-state index contributed by atoms with van der Waals surface area (Å²) in [6, 6.07) is 8.42. The fraction of sp³-hybridized carbons (Fsp3) is 0.250. The number of hydrogen-bond donors (Lipinski definition) is 1. The van der Waals surface area contributed by atoms with E-state index < -0.39 is 11.6 Å². The molecule has 1 N–H and O–H groups in total. The monoisotopic (exact) mass is 338 g/mol. The Bertz CT molecular complexity index is 697. The third-order valence-electron chi connectivity index (χ3n) is 2.61. The second-order valence-corrected chi connectivity index (χ2v) is 6.47. The Morgan fingerprint density at radius 1 is 1.18 bits per heavy atom. The number of carbonyl (C=O) groups excluding carboxylic acids is 1. The fourth-order valence-electron chi connectivity index (χ4n) is 1.71. The Hall–Kier alpha value is -1.78. The third-order valence-corrected chi connectivity index (χ3v) is 3.35. The van der Waals surface area contributed by atoms with Gasteiger partial charge in [0.2, 0.25) is 0 Å². The zero-order chi connectivity index (χ0) is 16.3. The maximum Gasteiger partial charge on any atom is 0.342 e. The molecule has 0 saturated heterocycles. The van der Waals surface area contributed by atoms with Gasteiger partial charge < -0.3 is 10.1 Å². The van der Waals surface area contributed by atoms with Gasteiger partial charge in [0.1, 0.15) is 17.0 Å². The van der Waals surface area contributed by atoms with Crippen LogP contribution in [0.3, 0.4) is 0 Å². The molecule has 22 heavy (non-hydrogen) atoms. The van der Waals surface area contributed by atoms with Gasteiger partial charge >= 0.3 is 5.97 Å². The Kier molecular flexibility index (Phi) is 4.94. The number of hydrogen-bond acceptors (Lipinski definition) is 4. The number of esters is 1. The maximum absolute atomic E-state index is 12.2. The van der Waals surface area contributed by atoms with Crippen molar-refractivity contribution in [1.29, 1.82) is 0 Å². The number of carbonyl (C=O) groups is 1. The highest BCUT2D eigenvalue weighted by Crippen LogP contribution is 2.27. The second kappa shape index (κ2) is 6.55. The number of anilines is 2. The van der Waals surface area contributed by atoms with Crippen LogP contribution in [0.2, 0.25) is 10.0 Å². The molecule has 0 atom stereocenters. The topological polar surface area (TPSA) is 51.2 Å². The van der Waals surface area contributed by atoms with Gasteiger partial charge in [-0.05, 0) is 51.1 Å². The molecule has 1 heterocycles. The number of halogens is 2. The van der Waals surface area contributed by atoms with Crippen LogP contribution < -0.4 is 5.32 Å². The van der Waals surface area contributed by atoms with E-state index in [0.29, 0.717) is 27.1 Å². The number of nitrogens with one attached hydrogen (secondary N) is 1. The van der Waals surface area contributed by atoms with Crippen molar-refractivity contribution >= 4 is 40.7 Å². The first-order valence-electron chi connectivity index (χ1n) is 6.67. The predicted molar refractivity (Wildman–Crippen MR) is 89.2 cm³/mol. The highest BCUT2D eigenvalue weighted by atomic mass is 35.5. The minimum atomic E-state index is -0.576. The Morgan fingerprint density at radius 3 is 2.55 bits per heavy atom. The summed E-state index contributed by atoms with van der Waals surface area (Å²) in [6.07, 6.45) is 1.59. The van der Waals surface area contributed by atoms with Gasteiger partial charge in [0.25, 0.3) is 0 Å². The zero-order valence-electron chi connectivity index (χ0n) is 12.5. The lowest BCUT2D eigenvalue weighted by atomic mass is 10.2. The molecule has 6 heteroatoms. The van der Waals surface area contributed by atoms with Crippen LogP contribution in [0.15, 0.2) is 36.5 Å². The van der Waals surface area contributed by atoms with Gasteiger partial charge in [0, 0.05) is 11.9 Å². The molecule has 1 aromatic heterocycles. The lowest BCUT2D eigenvalue weighted by Gasteiger charge is -2.20. The van der Waals surface area contributed by atoms with E-state index in [-0.39, 0.29) is 0 Å². The quantitative estimate of drug-likeness (QED) is 0.792. The van der Waals surface area contributed by atoms with E-state index in [9.17, 15) is 4.79 Å². The van der Waals surface area contributed by atoms with Crippen LogP contribution in [0, 0.1) is 0 Å². The minimum absolute atomic E-state index is 0.350. The van der Waals surface area contributed by atoms with Gasteiger partial charge in [0.15, 0.2) is 0 Å². The number of ether oxygens (including phenoxy) is 1. The van der Waals surface area contributed by atoms with Crippen molar-refractivity contribution < 1.29 is 9.53 Å². The van der Waals surface area contributed by atoms with Gasteiger partial charge in [-0.1, -0.05) is 23.2 Å². The molecular formula is C16H16Cl2N2O2. The van der Waals surface area contributed by atoms with Gasteiger partial charge in [-0.15, -0.1) is 0 Å². The first-order chi connectivity index (χ1) is 10.3. The SMILES string of the molecule is CC(C)(C)OC(=O)c1cccnc1Nc1ccc(Cl)c(Cl)c1. The summed E-state index contributed by atoms with van der Waals surface area (Å²) in [5, 5.41) is 3.93. The van der Waals surface area contributed by atoms with Gasteiger partial charge in [0.05, 0.1) is 10.0 Å². The van der Waals surface area contributed by atoms with E-state index in [4.69, 9.17) is 27.9 Å². The van der Waals surface area contributed by atoms with E-state index in [1.54, 1.807) is 36.5 Å². The maximum atomic E-state index is 12.2. The number of pyridine rings is 1. The van der Waals surface area contributed by atoms with Gasteiger partial charge in [-0.2, -0.15) is 0 Å². The summed E-state index contributed by atoms with van der Waals surface area (Å²) in [4.78, 5) is 16.4. The van der Waals surface area contributed by atoms with Crippen LogP contribution >= 0.6 is 23.2 Å². The van der Waals surface area contributed by atoms with E-state index >= 15 is 0 Å². The molecule has 0 fully saturated rings. The van der Waals surface area contributed by atoms with Crippen molar-refractivity contribution in [2.75, 3.05) is 5.32 Å². The van der Waals surface area contributed by atoms with Crippen molar-refractivity contribution in [3.8, 4) is 0 Å². The van der Waals surface area contributed by atoms with E-state index in [0.717, 1.165) is 0 Å². The molecule has 0 aliphatic heterocycles. The van der Waals surface area contributed by atoms with Crippen molar-refractivity contribution in [3.05, 3.63) is 52.1 Å². The smallest absolute Gasteiger partial charge is 0.342 e. The highest BCUT2D eigenvalue weighted by molar-refractivity contribution is 6.42. The molecule has 2 rings (SSSR count). The Morgan fingerprint density at radius 2 is 1.91 bits per heavy atom. The van der Waals surface area contributed by atoms with Crippen LogP contribution in [0.1, 0.15) is 31.1 Å².